The standard InChI is InChI=1S/C31H32FN9O2/c1-38-25-11-20-7-8-39(17-22(34)14-32)31(42)23(20)13-24(25)37-30(38)26-12-21-3-2-4-27(29(21)40(26)16-19-5-6-19)43-10-9-41-28(15-33)35-18-36-41/h2-4,11-13,18-19,22H,5-10,14,16-17,34H2,1H3. The number of alkyl halides is 1. The van der Waals surface area contributed by atoms with Gasteiger partial charge in [0.25, 0.3) is 5.91 Å². The van der Waals surface area contributed by atoms with Gasteiger partial charge >= 0.3 is 0 Å². The van der Waals surface area contributed by atoms with E-state index in [2.05, 4.69) is 37.4 Å². The molecule has 220 valence electrons. The maximum absolute atomic E-state index is 13.3. The molecule has 2 N–H and O–H groups in total. The van der Waals surface area contributed by atoms with Gasteiger partial charge in [-0.2, -0.15) is 10.4 Å². The Labute approximate surface area is 247 Å². The molecule has 0 radical (unpaired) electrons. The molecule has 1 atom stereocenters. The number of benzene rings is 2. The Morgan fingerprint density at radius 1 is 1.26 bits per heavy atom. The highest BCUT2D eigenvalue weighted by Gasteiger charge is 2.29. The van der Waals surface area contributed by atoms with Crippen LogP contribution in [0.1, 0.15) is 34.6 Å². The van der Waals surface area contributed by atoms with Crippen LogP contribution in [0.2, 0.25) is 0 Å². The zero-order valence-corrected chi connectivity index (χ0v) is 23.9. The number of nitriles is 1. The summed E-state index contributed by atoms with van der Waals surface area (Å²) < 4.78 is 25.3. The van der Waals surface area contributed by atoms with Crippen molar-refractivity contribution in [2.45, 2.75) is 38.4 Å². The molecule has 1 saturated carbocycles. The Morgan fingerprint density at radius 3 is 2.91 bits per heavy atom. The minimum absolute atomic E-state index is 0.128. The Morgan fingerprint density at radius 2 is 2.12 bits per heavy atom. The van der Waals surface area contributed by atoms with Gasteiger partial charge in [0.15, 0.2) is 5.82 Å². The molecule has 5 aromatic rings. The Bertz CT molecular complexity index is 1890. The van der Waals surface area contributed by atoms with Crippen molar-refractivity contribution in [3.8, 4) is 23.3 Å². The van der Waals surface area contributed by atoms with Gasteiger partial charge < -0.3 is 24.5 Å². The van der Waals surface area contributed by atoms with Crippen LogP contribution in [0.15, 0.2) is 42.7 Å². The number of hydrogen-bond donors (Lipinski definition) is 1. The first kappa shape index (κ1) is 27.1. The fourth-order valence-corrected chi connectivity index (χ4v) is 6.05. The van der Waals surface area contributed by atoms with Gasteiger partial charge in [-0.3, -0.25) is 4.79 Å². The number of rotatable bonds is 10. The van der Waals surface area contributed by atoms with Gasteiger partial charge in [0.1, 0.15) is 31.4 Å². The molecular formula is C31H32FN9O2. The molecule has 0 saturated heterocycles. The van der Waals surface area contributed by atoms with Crippen molar-refractivity contribution in [3.63, 3.8) is 0 Å². The lowest BCUT2D eigenvalue weighted by Gasteiger charge is -2.30. The molecule has 0 spiro atoms. The summed E-state index contributed by atoms with van der Waals surface area (Å²) in [6.45, 7) is 1.64. The van der Waals surface area contributed by atoms with Gasteiger partial charge in [0.05, 0.1) is 34.8 Å². The monoisotopic (exact) mass is 581 g/mol. The van der Waals surface area contributed by atoms with Crippen LogP contribution >= 0.6 is 0 Å². The first-order chi connectivity index (χ1) is 20.9. The lowest BCUT2D eigenvalue weighted by Crippen LogP contribution is -2.45. The van der Waals surface area contributed by atoms with Crippen molar-refractivity contribution in [2.24, 2.45) is 18.7 Å². The maximum atomic E-state index is 13.3. The summed E-state index contributed by atoms with van der Waals surface area (Å²) in [6, 6.07) is 13.5. The molecule has 1 aliphatic heterocycles. The number of carbonyl (C=O) groups excluding carboxylic acids is 1. The number of ether oxygens (including phenoxy) is 1. The Kier molecular flexibility index (Phi) is 6.82. The molecule has 43 heavy (non-hydrogen) atoms. The van der Waals surface area contributed by atoms with Crippen LogP contribution < -0.4 is 10.5 Å². The van der Waals surface area contributed by atoms with Crippen molar-refractivity contribution < 1.29 is 13.9 Å². The van der Waals surface area contributed by atoms with Crippen molar-refractivity contribution >= 4 is 27.8 Å². The van der Waals surface area contributed by atoms with Crippen LogP contribution in [-0.2, 0) is 26.6 Å². The molecule has 4 heterocycles. The summed E-state index contributed by atoms with van der Waals surface area (Å²) in [5.74, 6) is 2.29. The van der Waals surface area contributed by atoms with Crippen LogP contribution in [0, 0.1) is 17.2 Å². The van der Waals surface area contributed by atoms with Gasteiger partial charge in [-0.1, -0.05) is 12.1 Å². The van der Waals surface area contributed by atoms with Gasteiger partial charge in [-0.05, 0) is 55.0 Å². The van der Waals surface area contributed by atoms with E-state index in [0.717, 1.165) is 51.3 Å². The maximum Gasteiger partial charge on any atom is 0.254 e. The molecule has 7 rings (SSSR count). The summed E-state index contributed by atoms with van der Waals surface area (Å²) in [5.41, 5.74) is 11.1. The van der Waals surface area contributed by atoms with Crippen LogP contribution in [0.25, 0.3) is 33.5 Å². The first-order valence-corrected chi connectivity index (χ1v) is 14.6. The molecule has 11 nitrogen and oxygen atoms in total. The lowest BCUT2D eigenvalue weighted by molar-refractivity contribution is 0.0725. The summed E-state index contributed by atoms with van der Waals surface area (Å²) in [7, 11) is 2.01. The highest BCUT2D eigenvalue weighted by atomic mass is 19.1. The number of aryl methyl sites for hydroxylation is 1. The fraction of sp³-hybridized carbons (Fsp3) is 0.387. The lowest BCUT2D eigenvalue weighted by atomic mass is 9.97. The number of para-hydroxylation sites is 1. The molecule has 0 bridgehead atoms. The smallest absolute Gasteiger partial charge is 0.254 e. The molecular weight excluding hydrogens is 549 g/mol. The average molecular weight is 582 g/mol. The van der Waals surface area contributed by atoms with E-state index in [1.165, 1.54) is 23.9 Å². The number of halogens is 1. The molecule has 1 fully saturated rings. The summed E-state index contributed by atoms with van der Waals surface area (Å²) >= 11 is 0. The van der Waals surface area contributed by atoms with Gasteiger partial charge in [-0.25, -0.2) is 19.0 Å². The zero-order chi connectivity index (χ0) is 29.7. The normalized spacial score (nSPS) is 15.7. The molecule has 2 aromatic carbocycles. The average Bonchev–Trinajstić information content (AvgIpc) is 3.45. The SMILES string of the molecule is Cn1c(-c2cc3cccc(OCCn4ncnc4C#N)c3n2CC2CC2)nc2cc3c(cc21)CCN(CC(N)CF)C3=O. The number of aromatic nitrogens is 6. The molecule has 3 aromatic heterocycles. The molecule has 12 heteroatoms. The van der Waals surface area contributed by atoms with Crippen molar-refractivity contribution in [2.75, 3.05) is 26.4 Å². The minimum Gasteiger partial charge on any atom is -0.489 e. The second-order valence-electron chi connectivity index (χ2n) is 11.5. The first-order valence-electron chi connectivity index (χ1n) is 14.6. The van der Waals surface area contributed by atoms with E-state index in [0.29, 0.717) is 37.6 Å². The molecule has 1 unspecified atom stereocenters. The quantitative estimate of drug-likeness (QED) is 0.267. The minimum atomic E-state index is -0.685. The number of carbonyl (C=O) groups is 1. The van der Waals surface area contributed by atoms with E-state index in [1.807, 2.05) is 31.3 Å². The largest absolute Gasteiger partial charge is 0.489 e. The molecule has 2 aliphatic rings. The number of nitrogens with zero attached hydrogens (tertiary/aromatic N) is 8. The van der Waals surface area contributed by atoms with Crippen LogP contribution in [0.5, 0.6) is 5.75 Å². The third-order valence-electron chi connectivity index (χ3n) is 8.45. The predicted octanol–water partition coefficient (Wildman–Crippen LogP) is 3.44. The fourth-order valence-electron chi connectivity index (χ4n) is 6.05. The van der Waals surface area contributed by atoms with E-state index in [9.17, 15) is 14.4 Å². The topological polar surface area (TPSA) is 133 Å². The second-order valence-corrected chi connectivity index (χ2v) is 11.5. The number of imidazole rings is 1. The van der Waals surface area contributed by atoms with Gasteiger partial charge in [0.2, 0.25) is 5.82 Å². The zero-order valence-electron chi connectivity index (χ0n) is 23.9. The van der Waals surface area contributed by atoms with Crippen molar-refractivity contribution in [3.05, 3.63) is 59.7 Å². The molecule has 1 aliphatic carbocycles. The van der Waals surface area contributed by atoms with Crippen LogP contribution in [0.4, 0.5) is 4.39 Å². The van der Waals surface area contributed by atoms with E-state index < -0.39 is 12.7 Å². The summed E-state index contributed by atoms with van der Waals surface area (Å²) in [6.07, 6.45) is 4.42. The Balaban J connectivity index is 1.26. The summed E-state index contributed by atoms with van der Waals surface area (Å²) in [5, 5.41) is 14.4. The third-order valence-corrected chi connectivity index (χ3v) is 8.45. The number of amides is 1. The van der Waals surface area contributed by atoms with E-state index in [4.69, 9.17) is 15.5 Å². The number of nitrogens with two attached hydrogens (primary N) is 1. The van der Waals surface area contributed by atoms with E-state index in [1.54, 1.807) is 4.90 Å². The molecule has 1 amide bonds. The number of fused-ring (bicyclic) bond motifs is 3. The highest BCUT2D eigenvalue weighted by molar-refractivity contribution is 6.01. The second kappa shape index (κ2) is 10.8. The van der Waals surface area contributed by atoms with Gasteiger partial charge in [0, 0.05) is 37.6 Å². The van der Waals surface area contributed by atoms with Crippen LogP contribution in [-0.4, -0.2) is 72.1 Å². The van der Waals surface area contributed by atoms with Gasteiger partial charge in [-0.15, -0.1) is 0 Å². The van der Waals surface area contributed by atoms with Crippen LogP contribution in [0.3, 0.4) is 0 Å². The van der Waals surface area contributed by atoms with E-state index in [-0.39, 0.29) is 18.3 Å². The highest BCUT2D eigenvalue weighted by Crippen LogP contribution is 2.39. The van der Waals surface area contributed by atoms with Crippen molar-refractivity contribution in [1.29, 1.82) is 5.26 Å². The number of hydrogen-bond acceptors (Lipinski definition) is 7. The summed E-state index contributed by atoms with van der Waals surface area (Å²) in [4.78, 5) is 23.9. The third kappa shape index (κ3) is 4.89. The van der Waals surface area contributed by atoms with E-state index >= 15 is 0 Å². The predicted molar refractivity (Wildman–Crippen MR) is 158 cm³/mol. The van der Waals surface area contributed by atoms with Crippen molar-refractivity contribution in [1.82, 2.24) is 33.8 Å². The Hall–Kier alpha value is -4.76.